The first-order valence-corrected chi connectivity index (χ1v) is 5.97. The Morgan fingerprint density at radius 1 is 1.56 bits per heavy atom. The van der Waals surface area contributed by atoms with Crippen LogP contribution in [-0.4, -0.2) is 23.5 Å². The number of nitrogens with one attached hydrogen (secondary N) is 2. The van der Waals surface area contributed by atoms with Crippen LogP contribution in [0.2, 0.25) is 0 Å². The van der Waals surface area contributed by atoms with E-state index >= 15 is 0 Å². The second kappa shape index (κ2) is 4.06. The van der Waals surface area contributed by atoms with Gasteiger partial charge in [0.2, 0.25) is 0 Å². The molecule has 0 aliphatic heterocycles. The van der Waals surface area contributed by atoms with Gasteiger partial charge >= 0.3 is 0 Å². The summed E-state index contributed by atoms with van der Waals surface area (Å²) in [6, 6.07) is 1.58. The SMILES string of the molecule is Cc1ncc(S(=O)(=O)NCc2ccon2)[nH]1. The number of imidazole rings is 1. The maximum Gasteiger partial charge on any atom is 0.257 e. The van der Waals surface area contributed by atoms with Gasteiger partial charge in [-0.25, -0.2) is 18.1 Å². The number of rotatable bonds is 4. The Kier molecular flexibility index (Phi) is 2.75. The number of hydrogen-bond acceptors (Lipinski definition) is 5. The summed E-state index contributed by atoms with van der Waals surface area (Å²) in [5.74, 6) is 0.543. The lowest BCUT2D eigenvalue weighted by Crippen LogP contribution is -2.23. The highest BCUT2D eigenvalue weighted by molar-refractivity contribution is 7.89. The molecule has 0 radical (unpaired) electrons. The van der Waals surface area contributed by atoms with Crippen molar-refractivity contribution in [3.05, 3.63) is 30.0 Å². The molecule has 0 aliphatic carbocycles. The third-order valence-corrected chi connectivity index (χ3v) is 3.21. The standard InChI is InChI=1S/C8H10N4O3S/c1-6-9-5-8(11-6)16(13,14)10-4-7-2-3-15-12-7/h2-3,5,10H,4H2,1H3,(H,9,11). The highest BCUT2D eigenvalue weighted by atomic mass is 32.2. The molecule has 0 amide bonds. The molecular weight excluding hydrogens is 232 g/mol. The fraction of sp³-hybridized carbons (Fsp3) is 0.250. The van der Waals surface area contributed by atoms with Crippen LogP contribution in [0.3, 0.4) is 0 Å². The average molecular weight is 242 g/mol. The number of aromatic nitrogens is 3. The van der Waals surface area contributed by atoms with E-state index in [4.69, 9.17) is 0 Å². The van der Waals surface area contributed by atoms with Crippen molar-refractivity contribution in [1.29, 1.82) is 0 Å². The molecular formula is C8H10N4O3S. The molecule has 0 atom stereocenters. The number of aromatic amines is 1. The summed E-state index contributed by atoms with van der Waals surface area (Å²) in [5.41, 5.74) is 0.514. The zero-order valence-electron chi connectivity index (χ0n) is 8.47. The van der Waals surface area contributed by atoms with E-state index in [1.807, 2.05) is 0 Å². The van der Waals surface area contributed by atoms with Crippen LogP contribution in [-0.2, 0) is 16.6 Å². The van der Waals surface area contributed by atoms with Crippen molar-refractivity contribution in [2.24, 2.45) is 0 Å². The molecule has 0 fully saturated rings. The first kappa shape index (κ1) is 10.8. The molecule has 0 aliphatic rings. The van der Waals surface area contributed by atoms with E-state index in [0.717, 1.165) is 0 Å². The van der Waals surface area contributed by atoms with Gasteiger partial charge in [0, 0.05) is 6.07 Å². The van der Waals surface area contributed by atoms with Crippen molar-refractivity contribution in [2.75, 3.05) is 0 Å². The van der Waals surface area contributed by atoms with E-state index < -0.39 is 10.0 Å². The molecule has 0 spiro atoms. The van der Waals surface area contributed by atoms with Gasteiger partial charge in [-0.3, -0.25) is 0 Å². The monoisotopic (exact) mass is 242 g/mol. The fourth-order valence-corrected chi connectivity index (χ4v) is 2.08. The average Bonchev–Trinajstić information content (AvgIpc) is 2.85. The minimum Gasteiger partial charge on any atom is -0.364 e. The molecule has 2 heterocycles. The van der Waals surface area contributed by atoms with Crippen LogP contribution < -0.4 is 4.72 Å². The van der Waals surface area contributed by atoms with Crippen LogP contribution >= 0.6 is 0 Å². The van der Waals surface area contributed by atoms with Crippen LogP contribution in [0.1, 0.15) is 11.5 Å². The second-order valence-corrected chi connectivity index (χ2v) is 4.88. The Balaban J connectivity index is 2.09. The van der Waals surface area contributed by atoms with E-state index in [2.05, 4.69) is 24.4 Å². The highest BCUT2D eigenvalue weighted by Gasteiger charge is 2.16. The Bertz CT molecular complexity index is 558. The number of H-pyrrole nitrogens is 1. The Morgan fingerprint density at radius 2 is 2.38 bits per heavy atom. The number of aryl methyl sites for hydroxylation is 1. The van der Waals surface area contributed by atoms with Crippen molar-refractivity contribution < 1.29 is 12.9 Å². The lowest BCUT2D eigenvalue weighted by atomic mass is 10.5. The topological polar surface area (TPSA) is 101 Å². The first-order valence-electron chi connectivity index (χ1n) is 4.48. The molecule has 0 bridgehead atoms. The zero-order valence-corrected chi connectivity index (χ0v) is 9.28. The van der Waals surface area contributed by atoms with Gasteiger partial charge in [0.25, 0.3) is 10.0 Å². The van der Waals surface area contributed by atoms with Crippen molar-refractivity contribution in [3.63, 3.8) is 0 Å². The lowest BCUT2D eigenvalue weighted by molar-refractivity contribution is 0.411. The van der Waals surface area contributed by atoms with Gasteiger partial charge in [-0.2, -0.15) is 0 Å². The molecule has 8 heteroatoms. The first-order chi connectivity index (χ1) is 7.58. The summed E-state index contributed by atoms with van der Waals surface area (Å²) in [4.78, 5) is 6.46. The van der Waals surface area contributed by atoms with Crippen LogP contribution in [0.4, 0.5) is 0 Å². The van der Waals surface area contributed by atoms with E-state index in [0.29, 0.717) is 11.5 Å². The van der Waals surface area contributed by atoms with Gasteiger partial charge in [0.15, 0.2) is 5.03 Å². The van der Waals surface area contributed by atoms with E-state index in [1.54, 1.807) is 13.0 Å². The number of nitrogens with zero attached hydrogens (tertiary/aromatic N) is 2. The van der Waals surface area contributed by atoms with Crippen LogP contribution in [0.5, 0.6) is 0 Å². The summed E-state index contributed by atoms with van der Waals surface area (Å²) < 4.78 is 30.4. The molecule has 0 saturated heterocycles. The summed E-state index contributed by atoms with van der Waals surface area (Å²) in [7, 11) is -3.57. The smallest absolute Gasteiger partial charge is 0.257 e. The van der Waals surface area contributed by atoms with Crippen molar-refractivity contribution in [3.8, 4) is 0 Å². The summed E-state index contributed by atoms with van der Waals surface area (Å²) in [6.07, 6.45) is 2.64. The van der Waals surface area contributed by atoms with Gasteiger partial charge in [0.1, 0.15) is 12.1 Å². The predicted octanol–water partition coefficient (Wildman–Crippen LogP) is 0.185. The van der Waals surface area contributed by atoms with Crippen molar-refractivity contribution >= 4 is 10.0 Å². The van der Waals surface area contributed by atoms with E-state index in [-0.39, 0.29) is 11.6 Å². The molecule has 2 rings (SSSR count). The van der Waals surface area contributed by atoms with Crippen molar-refractivity contribution in [1.82, 2.24) is 19.8 Å². The maximum absolute atomic E-state index is 11.7. The van der Waals surface area contributed by atoms with E-state index in [9.17, 15) is 8.42 Å². The molecule has 86 valence electrons. The van der Waals surface area contributed by atoms with E-state index in [1.165, 1.54) is 12.5 Å². The van der Waals surface area contributed by atoms with Gasteiger partial charge in [0.05, 0.1) is 18.4 Å². The maximum atomic E-state index is 11.7. The molecule has 0 unspecified atom stereocenters. The molecule has 0 saturated carbocycles. The number of hydrogen-bond donors (Lipinski definition) is 2. The van der Waals surface area contributed by atoms with Crippen molar-refractivity contribution in [2.45, 2.75) is 18.5 Å². The molecule has 16 heavy (non-hydrogen) atoms. The van der Waals surface area contributed by atoms with Crippen LogP contribution in [0.15, 0.2) is 28.1 Å². The molecule has 0 aromatic carbocycles. The molecule has 2 N–H and O–H groups in total. The Labute approximate surface area is 91.9 Å². The molecule has 2 aromatic heterocycles. The third-order valence-electron chi connectivity index (χ3n) is 1.90. The van der Waals surface area contributed by atoms with Gasteiger partial charge in [-0.05, 0) is 6.92 Å². The largest absolute Gasteiger partial charge is 0.364 e. The Morgan fingerprint density at radius 3 is 2.94 bits per heavy atom. The molecule has 7 nitrogen and oxygen atoms in total. The molecule has 2 aromatic rings. The van der Waals surface area contributed by atoms with Crippen LogP contribution in [0, 0.1) is 6.92 Å². The lowest BCUT2D eigenvalue weighted by Gasteiger charge is -2.01. The van der Waals surface area contributed by atoms with Gasteiger partial charge < -0.3 is 9.51 Å². The minimum absolute atomic E-state index is 0.0356. The fourth-order valence-electron chi connectivity index (χ4n) is 1.11. The normalized spacial score (nSPS) is 11.8. The van der Waals surface area contributed by atoms with Gasteiger partial charge in [-0.1, -0.05) is 5.16 Å². The zero-order chi connectivity index (χ0) is 11.6. The second-order valence-electron chi connectivity index (χ2n) is 3.15. The third kappa shape index (κ3) is 2.28. The minimum atomic E-state index is -3.57. The highest BCUT2D eigenvalue weighted by Crippen LogP contribution is 2.05. The Hall–Kier alpha value is -1.67. The number of sulfonamides is 1. The summed E-state index contributed by atoms with van der Waals surface area (Å²) >= 11 is 0. The predicted molar refractivity (Wildman–Crippen MR) is 53.9 cm³/mol. The van der Waals surface area contributed by atoms with Crippen LogP contribution in [0.25, 0.3) is 0 Å². The quantitative estimate of drug-likeness (QED) is 0.796. The summed E-state index contributed by atoms with van der Waals surface area (Å²) in [6.45, 7) is 1.76. The van der Waals surface area contributed by atoms with Gasteiger partial charge in [-0.15, -0.1) is 0 Å². The summed E-state index contributed by atoms with van der Waals surface area (Å²) in [5, 5.41) is 3.63.